The second-order valence-corrected chi connectivity index (χ2v) is 4.12. The highest BCUT2D eigenvalue weighted by Crippen LogP contribution is 2.06. The number of benzene rings is 1. The maximum Gasteiger partial charge on any atom is 0.305 e. The molecule has 0 saturated heterocycles. The van der Waals surface area contributed by atoms with Crippen LogP contribution in [-0.2, 0) is 4.79 Å². The number of carbonyl (C=O) groups excluding carboxylic acids is 2. The van der Waals surface area contributed by atoms with Gasteiger partial charge < -0.3 is 16.2 Å². The van der Waals surface area contributed by atoms with Gasteiger partial charge in [0.25, 0.3) is 5.91 Å². The van der Waals surface area contributed by atoms with Crippen molar-refractivity contribution in [3.05, 3.63) is 35.4 Å². The van der Waals surface area contributed by atoms with Crippen LogP contribution in [0.2, 0.25) is 0 Å². The molecule has 102 valence electrons. The summed E-state index contributed by atoms with van der Waals surface area (Å²) in [6, 6.07) is 5.53. The number of carboxylic acid groups (broad SMARTS) is 1. The summed E-state index contributed by atoms with van der Waals surface area (Å²) in [5, 5.41) is 11.3. The van der Waals surface area contributed by atoms with Crippen LogP contribution in [0.1, 0.15) is 40.5 Å². The third-order valence-corrected chi connectivity index (χ3v) is 2.66. The largest absolute Gasteiger partial charge is 0.481 e. The molecule has 6 nitrogen and oxygen atoms in total. The molecule has 0 aliphatic carbocycles. The molecule has 0 fully saturated rings. The van der Waals surface area contributed by atoms with E-state index in [9.17, 15) is 14.4 Å². The van der Waals surface area contributed by atoms with Crippen LogP contribution < -0.4 is 11.1 Å². The van der Waals surface area contributed by atoms with Crippen molar-refractivity contribution >= 4 is 17.8 Å². The average molecular weight is 264 g/mol. The minimum absolute atomic E-state index is 0.141. The molecule has 0 aromatic heterocycles. The predicted octanol–water partition coefficient (Wildman–Crippen LogP) is 0.769. The molecule has 1 rings (SSSR count). The van der Waals surface area contributed by atoms with Crippen molar-refractivity contribution in [2.45, 2.75) is 25.8 Å². The molecule has 0 aliphatic heterocycles. The van der Waals surface area contributed by atoms with E-state index in [4.69, 9.17) is 10.8 Å². The molecule has 0 spiro atoms. The SMILES string of the molecule is CCC(CC(=O)O)NC(=O)c1cccc(C(N)=O)c1. The molecule has 2 amide bonds. The van der Waals surface area contributed by atoms with Crippen LogP contribution in [-0.4, -0.2) is 28.9 Å². The molecule has 6 heteroatoms. The van der Waals surface area contributed by atoms with E-state index in [0.29, 0.717) is 6.42 Å². The fourth-order valence-electron chi connectivity index (χ4n) is 1.59. The Morgan fingerprint density at radius 3 is 2.47 bits per heavy atom. The Bertz CT molecular complexity index is 499. The second-order valence-electron chi connectivity index (χ2n) is 4.12. The van der Waals surface area contributed by atoms with Gasteiger partial charge in [-0.3, -0.25) is 14.4 Å². The van der Waals surface area contributed by atoms with Crippen LogP contribution in [0, 0.1) is 0 Å². The molecule has 0 heterocycles. The van der Waals surface area contributed by atoms with E-state index in [1.807, 2.05) is 0 Å². The third-order valence-electron chi connectivity index (χ3n) is 2.66. The Morgan fingerprint density at radius 2 is 1.95 bits per heavy atom. The Morgan fingerprint density at radius 1 is 1.32 bits per heavy atom. The summed E-state index contributed by atoms with van der Waals surface area (Å²) < 4.78 is 0. The number of rotatable bonds is 6. The average Bonchev–Trinajstić information content (AvgIpc) is 2.37. The normalized spacial score (nSPS) is 11.6. The first-order valence-electron chi connectivity index (χ1n) is 5.86. The van der Waals surface area contributed by atoms with Crippen molar-refractivity contribution in [3.8, 4) is 0 Å². The summed E-state index contributed by atoms with van der Waals surface area (Å²) in [7, 11) is 0. The van der Waals surface area contributed by atoms with Gasteiger partial charge in [-0.2, -0.15) is 0 Å². The minimum atomic E-state index is -0.974. The van der Waals surface area contributed by atoms with Crippen LogP contribution in [0.5, 0.6) is 0 Å². The van der Waals surface area contributed by atoms with Gasteiger partial charge in [-0.15, -0.1) is 0 Å². The van der Waals surface area contributed by atoms with Gasteiger partial charge in [-0.25, -0.2) is 0 Å². The van der Waals surface area contributed by atoms with E-state index < -0.39 is 23.8 Å². The molecular formula is C13H16N2O4. The quantitative estimate of drug-likeness (QED) is 0.704. The summed E-state index contributed by atoms with van der Waals surface area (Å²) in [5.41, 5.74) is 5.64. The van der Waals surface area contributed by atoms with Crippen molar-refractivity contribution in [2.75, 3.05) is 0 Å². The summed E-state index contributed by atoms with van der Waals surface area (Å²) >= 11 is 0. The van der Waals surface area contributed by atoms with Crippen LogP contribution in [0.4, 0.5) is 0 Å². The van der Waals surface area contributed by atoms with Gasteiger partial charge in [0.15, 0.2) is 0 Å². The summed E-state index contributed by atoms with van der Waals surface area (Å²) in [4.78, 5) is 33.5. The molecule has 4 N–H and O–H groups in total. The molecule has 1 aromatic carbocycles. The monoisotopic (exact) mass is 264 g/mol. The second kappa shape index (κ2) is 6.53. The maximum absolute atomic E-state index is 11.9. The van der Waals surface area contributed by atoms with Gasteiger partial charge in [-0.05, 0) is 24.6 Å². The number of nitrogens with one attached hydrogen (secondary N) is 1. The van der Waals surface area contributed by atoms with E-state index in [2.05, 4.69) is 5.32 Å². The van der Waals surface area contributed by atoms with E-state index in [-0.39, 0.29) is 17.5 Å². The zero-order chi connectivity index (χ0) is 14.4. The fraction of sp³-hybridized carbons (Fsp3) is 0.308. The van der Waals surface area contributed by atoms with Crippen molar-refractivity contribution in [1.29, 1.82) is 0 Å². The number of aliphatic carboxylic acids is 1. The molecule has 0 bridgehead atoms. The standard InChI is InChI=1S/C13H16N2O4/c1-2-10(7-11(16)17)15-13(19)9-5-3-4-8(6-9)12(14)18/h3-6,10H,2,7H2,1H3,(H2,14,18)(H,15,19)(H,16,17). The number of amides is 2. The molecule has 1 aromatic rings. The molecule has 0 aliphatic rings. The zero-order valence-electron chi connectivity index (χ0n) is 10.6. The number of hydrogen-bond acceptors (Lipinski definition) is 3. The van der Waals surface area contributed by atoms with Crippen LogP contribution in [0.3, 0.4) is 0 Å². The first-order chi connectivity index (χ1) is 8.93. The molecule has 0 saturated carbocycles. The number of nitrogens with two attached hydrogens (primary N) is 1. The van der Waals surface area contributed by atoms with E-state index in [0.717, 1.165) is 0 Å². The summed E-state index contributed by atoms with van der Waals surface area (Å²) in [6.07, 6.45) is 0.366. The Kier molecular flexibility index (Phi) is 5.05. The number of carboxylic acids is 1. The lowest BCUT2D eigenvalue weighted by atomic mass is 10.1. The Labute approximate surface area is 110 Å². The lowest BCUT2D eigenvalue weighted by molar-refractivity contribution is -0.137. The summed E-state index contributed by atoms with van der Waals surface area (Å²) in [5.74, 6) is -2.01. The van der Waals surface area contributed by atoms with Gasteiger partial charge in [0.1, 0.15) is 0 Å². The first-order valence-corrected chi connectivity index (χ1v) is 5.86. The molecule has 1 atom stereocenters. The third kappa shape index (κ3) is 4.42. The minimum Gasteiger partial charge on any atom is -0.481 e. The van der Waals surface area contributed by atoms with Crippen LogP contribution >= 0.6 is 0 Å². The highest BCUT2D eigenvalue weighted by Gasteiger charge is 2.15. The Hall–Kier alpha value is -2.37. The van der Waals surface area contributed by atoms with Crippen molar-refractivity contribution < 1.29 is 19.5 Å². The number of primary amides is 1. The van der Waals surface area contributed by atoms with Crippen molar-refractivity contribution in [1.82, 2.24) is 5.32 Å². The van der Waals surface area contributed by atoms with Gasteiger partial charge in [-0.1, -0.05) is 13.0 Å². The lowest BCUT2D eigenvalue weighted by Gasteiger charge is -2.14. The van der Waals surface area contributed by atoms with Crippen molar-refractivity contribution in [2.24, 2.45) is 5.73 Å². The topological polar surface area (TPSA) is 109 Å². The molecule has 19 heavy (non-hydrogen) atoms. The zero-order valence-corrected chi connectivity index (χ0v) is 10.6. The van der Waals surface area contributed by atoms with Crippen molar-refractivity contribution in [3.63, 3.8) is 0 Å². The van der Waals surface area contributed by atoms with Crippen LogP contribution in [0.25, 0.3) is 0 Å². The molecule has 0 radical (unpaired) electrons. The maximum atomic E-state index is 11.9. The van der Waals surface area contributed by atoms with Gasteiger partial charge in [0, 0.05) is 17.2 Å². The number of hydrogen-bond donors (Lipinski definition) is 3. The highest BCUT2D eigenvalue weighted by atomic mass is 16.4. The summed E-state index contributed by atoms with van der Waals surface area (Å²) in [6.45, 7) is 1.79. The predicted molar refractivity (Wildman–Crippen MR) is 68.8 cm³/mol. The fourth-order valence-corrected chi connectivity index (χ4v) is 1.59. The van der Waals surface area contributed by atoms with E-state index in [1.165, 1.54) is 18.2 Å². The van der Waals surface area contributed by atoms with Crippen LogP contribution in [0.15, 0.2) is 24.3 Å². The van der Waals surface area contributed by atoms with Gasteiger partial charge in [0.05, 0.1) is 6.42 Å². The number of carbonyl (C=O) groups is 3. The molecule has 1 unspecified atom stereocenters. The lowest BCUT2D eigenvalue weighted by Crippen LogP contribution is -2.36. The highest BCUT2D eigenvalue weighted by molar-refractivity contribution is 5.99. The smallest absolute Gasteiger partial charge is 0.305 e. The first kappa shape index (κ1) is 14.7. The van der Waals surface area contributed by atoms with E-state index in [1.54, 1.807) is 13.0 Å². The Balaban J connectivity index is 2.79. The van der Waals surface area contributed by atoms with E-state index >= 15 is 0 Å². The van der Waals surface area contributed by atoms with Gasteiger partial charge in [0.2, 0.25) is 5.91 Å². The molecular weight excluding hydrogens is 248 g/mol. The van der Waals surface area contributed by atoms with Gasteiger partial charge >= 0.3 is 5.97 Å².